The molecule has 2 N–H and O–H groups in total. The van der Waals surface area contributed by atoms with Crippen molar-refractivity contribution in [2.24, 2.45) is 0 Å². The van der Waals surface area contributed by atoms with Gasteiger partial charge in [-0.05, 0) is 29.5 Å². The largest absolute Gasteiger partial charge is 0.396 e. The summed E-state index contributed by atoms with van der Waals surface area (Å²) in [5, 5.41) is 8.49. The second-order valence-corrected chi connectivity index (χ2v) is 6.52. The number of nitrogens with two attached hydrogens (primary N) is 1. The van der Waals surface area contributed by atoms with Crippen molar-refractivity contribution in [3.05, 3.63) is 47.7 Å². The summed E-state index contributed by atoms with van der Waals surface area (Å²) in [7, 11) is 0. The van der Waals surface area contributed by atoms with Crippen molar-refractivity contribution < 1.29 is 0 Å². The summed E-state index contributed by atoms with van der Waals surface area (Å²) in [6.45, 7) is 8.64. The standard InChI is InChI=1S/C17H20N4/c1-11-9-14(18)16-20-19-15(21(16)10-11)12-5-7-13(8-6-12)17(2,3)4/h5-10H,18H2,1-4H3. The van der Waals surface area contributed by atoms with Crippen LogP contribution in [0.3, 0.4) is 0 Å². The van der Waals surface area contributed by atoms with Crippen LogP contribution in [0.15, 0.2) is 36.5 Å². The summed E-state index contributed by atoms with van der Waals surface area (Å²) in [5.74, 6) is 0.820. The van der Waals surface area contributed by atoms with Crippen molar-refractivity contribution in [3.8, 4) is 11.4 Å². The van der Waals surface area contributed by atoms with Gasteiger partial charge in [-0.1, -0.05) is 45.0 Å². The summed E-state index contributed by atoms with van der Waals surface area (Å²) in [5.41, 5.74) is 10.9. The van der Waals surface area contributed by atoms with E-state index in [0.717, 1.165) is 17.0 Å². The number of anilines is 1. The summed E-state index contributed by atoms with van der Waals surface area (Å²) in [6, 6.07) is 10.4. The molecule has 0 spiro atoms. The number of aromatic nitrogens is 3. The van der Waals surface area contributed by atoms with Gasteiger partial charge < -0.3 is 5.73 Å². The Kier molecular flexibility index (Phi) is 2.97. The maximum Gasteiger partial charge on any atom is 0.184 e. The van der Waals surface area contributed by atoms with Gasteiger partial charge in [0.1, 0.15) is 0 Å². The number of nitrogens with zero attached hydrogens (tertiary/aromatic N) is 3. The Morgan fingerprint density at radius 1 is 1.05 bits per heavy atom. The van der Waals surface area contributed by atoms with E-state index >= 15 is 0 Å². The lowest BCUT2D eigenvalue weighted by atomic mass is 9.87. The van der Waals surface area contributed by atoms with Crippen molar-refractivity contribution in [1.29, 1.82) is 0 Å². The Morgan fingerprint density at radius 3 is 2.33 bits per heavy atom. The van der Waals surface area contributed by atoms with Crippen LogP contribution in [-0.4, -0.2) is 14.6 Å². The minimum Gasteiger partial charge on any atom is -0.396 e. The number of benzene rings is 1. The first-order chi connectivity index (χ1) is 9.86. The molecule has 4 heteroatoms. The molecule has 0 saturated carbocycles. The highest BCUT2D eigenvalue weighted by Gasteiger charge is 2.15. The topological polar surface area (TPSA) is 56.2 Å². The molecular weight excluding hydrogens is 260 g/mol. The third-order valence-corrected chi connectivity index (χ3v) is 3.68. The van der Waals surface area contributed by atoms with E-state index < -0.39 is 0 Å². The zero-order valence-electron chi connectivity index (χ0n) is 12.9. The molecule has 0 aliphatic heterocycles. The monoisotopic (exact) mass is 280 g/mol. The second kappa shape index (κ2) is 4.58. The lowest BCUT2D eigenvalue weighted by Gasteiger charge is -2.18. The third-order valence-electron chi connectivity index (χ3n) is 3.68. The first kappa shape index (κ1) is 13.6. The maximum absolute atomic E-state index is 6.01. The summed E-state index contributed by atoms with van der Waals surface area (Å²) < 4.78 is 1.96. The van der Waals surface area contributed by atoms with Crippen LogP contribution in [0, 0.1) is 6.92 Å². The average Bonchev–Trinajstić information content (AvgIpc) is 2.82. The van der Waals surface area contributed by atoms with Crippen molar-refractivity contribution in [3.63, 3.8) is 0 Å². The van der Waals surface area contributed by atoms with Gasteiger partial charge in [-0.3, -0.25) is 4.40 Å². The van der Waals surface area contributed by atoms with Crippen molar-refractivity contribution in [2.45, 2.75) is 33.1 Å². The van der Waals surface area contributed by atoms with Crippen LogP contribution in [0.5, 0.6) is 0 Å². The molecule has 2 aromatic heterocycles. The quantitative estimate of drug-likeness (QED) is 0.741. The summed E-state index contributed by atoms with van der Waals surface area (Å²) >= 11 is 0. The van der Waals surface area contributed by atoms with Gasteiger partial charge in [0.2, 0.25) is 0 Å². The Bertz CT molecular complexity index is 792. The molecule has 3 aromatic rings. The van der Waals surface area contributed by atoms with E-state index in [1.807, 2.05) is 23.6 Å². The van der Waals surface area contributed by atoms with Gasteiger partial charge in [-0.15, -0.1) is 10.2 Å². The Morgan fingerprint density at radius 2 is 1.71 bits per heavy atom. The molecule has 0 fully saturated rings. The van der Waals surface area contributed by atoms with Gasteiger partial charge in [0.15, 0.2) is 11.5 Å². The van der Waals surface area contributed by atoms with E-state index in [2.05, 4.69) is 55.2 Å². The van der Waals surface area contributed by atoms with Crippen LogP contribution < -0.4 is 5.73 Å². The van der Waals surface area contributed by atoms with Crippen LogP contribution in [0.4, 0.5) is 5.69 Å². The van der Waals surface area contributed by atoms with Crippen LogP contribution >= 0.6 is 0 Å². The summed E-state index contributed by atoms with van der Waals surface area (Å²) in [6.07, 6.45) is 2.01. The summed E-state index contributed by atoms with van der Waals surface area (Å²) in [4.78, 5) is 0. The van der Waals surface area contributed by atoms with Crippen molar-refractivity contribution in [1.82, 2.24) is 14.6 Å². The van der Waals surface area contributed by atoms with E-state index in [4.69, 9.17) is 5.73 Å². The third kappa shape index (κ3) is 2.37. The van der Waals surface area contributed by atoms with Gasteiger partial charge >= 0.3 is 0 Å². The average molecular weight is 280 g/mol. The molecule has 0 aliphatic carbocycles. The molecule has 1 aromatic carbocycles. The zero-order chi connectivity index (χ0) is 15.2. The van der Waals surface area contributed by atoms with Gasteiger partial charge in [-0.25, -0.2) is 0 Å². The molecule has 0 unspecified atom stereocenters. The molecule has 0 amide bonds. The first-order valence-electron chi connectivity index (χ1n) is 7.08. The lowest BCUT2D eigenvalue weighted by molar-refractivity contribution is 0.590. The van der Waals surface area contributed by atoms with E-state index in [0.29, 0.717) is 11.3 Å². The SMILES string of the molecule is Cc1cc(N)c2nnc(-c3ccc(C(C)(C)C)cc3)n2c1. The Labute approximate surface area is 124 Å². The number of aryl methyl sites for hydroxylation is 1. The van der Waals surface area contributed by atoms with E-state index in [1.54, 1.807) is 0 Å². The molecule has 0 aliphatic rings. The predicted octanol–water partition coefficient (Wildman–Crippen LogP) is 3.58. The fourth-order valence-electron chi connectivity index (χ4n) is 2.48. The van der Waals surface area contributed by atoms with E-state index in [9.17, 15) is 0 Å². The van der Waals surface area contributed by atoms with E-state index in [-0.39, 0.29) is 5.41 Å². The highest BCUT2D eigenvalue weighted by atomic mass is 15.2. The van der Waals surface area contributed by atoms with Gasteiger partial charge in [-0.2, -0.15) is 0 Å². The van der Waals surface area contributed by atoms with Crippen LogP contribution in [0.25, 0.3) is 17.0 Å². The van der Waals surface area contributed by atoms with Gasteiger partial charge in [0.25, 0.3) is 0 Å². The number of nitrogen functional groups attached to an aromatic ring is 1. The molecule has 108 valence electrons. The molecule has 3 rings (SSSR count). The molecule has 0 saturated heterocycles. The van der Waals surface area contributed by atoms with Crippen molar-refractivity contribution in [2.75, 3.05) is 5.73 Å². The Hall–Kier alpha value is -2.36. The molecule has 0 atom stereocenters. The smallest absolute Gasteiger partial charge is 0.184 e. The number of rotatable bonds is 1. The molecular formula is C17H20N4. The minimum absolute atomic E-state index is 0.145. The van der Waals surface area contributed by atoms with Gasteiger partial charge in [0, 0.05) is 11.8 Å². The van der Waals surface area contributed by atoms with Crippen LogP contribution in [-0.2, 0) is 5.41 Å². The molecule has 4 nitrogen and oxygen atoms in total. The lowest BCUT2D eigenvalue weighted by Crippen LogP contribution is -2.10. The number of hydrogen-bond acceptors (Lipinski definition) is 3. The van der Waals surface area contributed by atoms with Gasteiger partial charge in [0.05, 0.1) is 5.69 Å². The number of hydrogen-bond donors (Lipinski definition) is 1. The Balaban J connectivity index is 2.13. The number of fused-ring (bicyclic) bond motifs is 1. The highest BCUT2D eigenvalue weighted by Crippen LogP contribution is 2.26. The fourth-order valence-corrected chi connectivity index (χ4v) is 2.48. The molecule has 0 bridgehead atoms. The maximum atomic E-state index is 6.01. The highest BCUT2D eigenvalue weighted by molar-refractivity contribution is 5.69. The predicted molar refractivity (Wildman–Crippen MR) is 86.3 cm³/mol. The first-order valence-corrected chi connectivity index (χ1v) is 7.08. The normalized spacial score (nSPS) is 12.0. The molecule has 21 heavy (non-hydrogen) atoms. The number of pyridine rings is 1. The van der Waals surface area contributed by atoms with Crippen molar-refractivity contribution >= 4 is 11.3 Å². The molecule has 0 radical (unpaired) electrons. The van der Waals surface area contributed by atoms with E-state index in [1.165, 1.54) is 5.56 Å². The fraction of sp³-hybridized carbons (Fsp3) is 0.294. The van der Waals surface area contributed by atoms with Crippen LogP contribution in [0.1, 0.15) is 31.9 Å². The zero-order valence-corrected chi connectivity index (χ0v) is 12.9. The second-order valence-electron chi connectivity index (χ2n) is 6.52. The minimum atomic E-state index is 0.145. The van der Waals surface area contributed by atoms with Crippen LogP contribution in [0.2, 0.25) is 0 Å². The molecule has 2 heterocycles.